The first-order valence-corrected chi connectivity index (χ1v) is 14.2. The molecule has 0 spiro atoms. The Hall–Kier alpha value is -5.94. The van der Waals surface area contributed by atoms with Gasteiger partial charge < -0.3 is 4.42 Å². The molecule has 43 heavy (non-hydrogen) atoms. The molecule has 0 aliphatic rings. The average molecular weight is 551 g/mol. The molecule has 0 fully saturated rings. The van der Waals surface area contributed by atoms with E-state index in [1.807, 2.05) is 60.7 Å². The van der Waals surface area contributed by atoms with Crippen molar-refractivity contribution in [1.82, 2.24) is 19.9 Å². The number of furan rings is 1. The van der Waals surface area contributed by atoms with Gasteiger partial charge >= 0.3 is 0 Å². The third kappa shape index (κ3) is 3.72. The third-order valence-corrected chi connectivity index (χ3v) is 8.19. The third-order valence-electron chi connectivity index (χ3n) is 8.19. The summed E-state index contributed by atoms with van der Waals surface area (Å²) in [6, 6.07) is 43.7. The van der Waals surface area contributed by atoms with Crippen molar-refractivity contribution in [1.29, 1.82) is 0 Å². The minimum atomic E-state index is 0.587. The molecule has 3 aromatic heterocycles. The van der Waals surface area contributed by atoms with Gasteiger partial charge in [-0.05, 0) is 45.1 Å². The molecule has 9 aromatic rings. The van der Waals surface area contributed by atoms with Crippen LogP contribution in [0, 0.1) is 0 Å². The topological polar surface area (TPSA) is 64.7 Å². The smallest absolute Gasteiger partial charge is 0.227 e. The normalized spacial score (nSPS) is 11.7. The highest BCUT2D eigenvalue weighted by Crippen LogP contribution is 2.39. The molecule has 0 bridgehead atoms. The Bertz CT molecular complexity index is 2520. The quantitative estimate of drug-likeness (QED) is 0.205. The molecule has 0 unspecified atom stereocenters. The van der Waals surface area contributed by atoms with E-state index in [2.05, 4.69) is 71.7 Å². The number of fused-ring (bicyclic) bond motifs is 8. The molecule has 0 aliphatic carbocycles. The molecule has 9 rings (SSSR count). The highest BCUT2D eigenvalue weighted by Gasteiger charge is 2.19. The summed E-state index contributed by atoms with van der Waals surface area (Å²) in [5, 5.41) is 8.95. The minimum absolute atomic E-state index is 0.587. The van der Waals surface area contributed by atoms with Gasteiger partial charge in [-0.3, -0.25) is 0 Å². The molecule has 0 saturated carbocycles. The molecule has 0 N–H and O–H groups in total. The van der Waals surface area contributed by atoms with E-state index in [1.165, 1.54) is 21.5 Å². The Labute approximate surface area is 246 Å². The Morgan fingerprint density at radius 2 is 1.09 bits per heavy atom. The SMILES string of the molecule is c1ccc(-c2nc(-c3cccc4ccc5c6ccccc6ccc5c34)nc(-c3cccc4oc5ncccc5c34)n2)cc1. The van der Waals surface area contributed by atoms with Crippen molar-refractivity contribution < 1.29 is 4.42 Å². The van der Waals surface area contributed by atoms with Crippen molar-refractivity contribution in [3.63, 3.8) is 0 Å². The molecule has 5 nitrogen and oxygen atoms in total. The van der Waals surface area contributed by atoms with Gasteiger partial charge in [-0.15, -0.1) is 0 Å². The largest absolute Gasteiger partial charge is 0.438 e. The maximum absolute atomic E-state index is 6.10. The Morgan fingerprint density at radius 1 is 0.419 bits per heavy atom. The van der Waals surface area contributed by atoms with Crippen LogP contribution in [0.5, 0.6) is 0 Å². The van der Waals surface area contributed by atoms with Gasteiger partial charge in [0.05, 0.1) is 0 Å². The second kappa shape index (κ2) is 9.29. The van der Waals surface area contributed by atoms with Gasteiger partial charge in [0.1, 0.15) is 5.58 Å². The van der Waals surface area contributed by atoms with Crippen LogP contribution in [0.4, 0.5) is 0 Å². The van der Waals surface area contributed by atoms with E-state index in [0.717, 1.165) is 43.8 Å². The predicted molar refractivity (Wildman–Crippen MR) is 174 cm³/mol. The summed E-state index contributed by atoms with van der Waals surface area (Å²) < 4.78 is 6.10. The molecule has 5 heteroatoms. The van der Waals surface area contributed by atoms with Crippen molar-refractivity contribution in [3.8, 4) is 34.2 Å². The fraction of sp³-hybridized carbons (Fsp3) is 0. The van der Waals surface area contributed by atoms with Crippen LogP contribution in [0.15, 0.2) is 138 Å². The maximum atomic E-state index is 6.10. The number of hydrogen-bond donors (Lipinski definition) is 0. The number of aromatic nitrogens is 4. The van der Waals surface area contributed by atoms with E-state index >= 15 is 0 Å². The van der Waals surface area contributed by atoms with E-state index < -0.39 is 0 Å². The summed E-state index contributed by atoms with van der Waals surface area (Å²) in [5.74, 6) is 1.83. The van der Waals surface area contributed by atoms with Crippen LogP contribution in [-0.4, -0.2) is 19.9 Å². The zero-order valence-corrected chi connectivity index (χ0v) is 22.9. The fourth-order valence-electron chi connectivity index (χ4n) is 6.24. The lowest BCUT2D eigenvalue weighted by atomic mass is 9.94. The summed E-state index contributed by atoms with van der Waals surface area (Å²) in [5.41, 5.74) is 4.10. The zero-order chi connectivity index (χ0) is 28.3. The van der Waals surface area contributed by atoms with Crippen LogP contribution < -0.4 is 0 Å². The average Bonchev–Trinajstić information content (AvgIpc) is 3.47. The summed E-state index contributed by atoms with van der Waals surface area (Å²) in [6.07, 6.45) is 1.74. The number of nitrogens with zero attached hydrogens (tertiary/aromatic N) is 4. The van der Waals surface area contributed by atoms with E-state index in [4.69, 9.17) is 19.4 Å². The van der Waals surface area contributed by atoms with Crippen LogP contribution in [0.1, 0.15) is 0 Å². The zero-order valence-electron chi connectivity index (χ0n) is 22.9. The lowest BCUT2D eigenvalue weighted by molar-refractivity contribution is 0.654. The highest BCUT2D eigenvalue weighted by molar-refractivity contribution is 6.20. The molecule has 0 radical (unpaired) electrons. The van der Waals surface area contributed by atoms with E-state index in [1.54, 1.807) is 6.20 Å². The van der Waals surface area contributed by atoms with Gasteiger partial charge in [0, 0.05) is 39.0 Å². The van der Waals surface area contributed by atoms with Gasteiger partial charge in [0.25, 0.3) is 0 Å². The van der Waals surface area contributed by atoms with Crippen LogP contribution in [-0.2, 0) is 0 Å². The minimum Gasteiger partial charge on any atom is -0.438 e. The molecule has 0 amide bonds. The number of hydrogen-bond acceptors (Lipinski definition) is 5. The molecular weight excluding hydrogens is 528 g/mol. The van der Waals surface area contributed by atoms with Crippen molar-refractivity contribution >= 4 is 54.4 Å². The van der Waals surface area contributed by atoms with Gasteiger partial charge in [0.15, 0.2) is 17.5 Å². The van der Waals surface area contributed by atoms with Gasteiger partial charge in [-0.2, -0.15) is 0 Å². The number of rotatable bonds is 3. The standard InChI is InChI=1S/C38H22N4O/c1-2-10-25(11-3-1)35-40-36(42-37(41-35)30-15-7-17-32-34(30)31-16-8-22-39-38(31)43-32)29-14-6-12-24-19-20-27-26-13-5-4-9-23(26)18-21-28(27)33(24)29/h1-22H. The summed E-state index contributed by atoms with van der Waals surface area (Å²) in [4.78, 5) is 19.7. The first-order chi connectivity index (χ1) is 21.3. The Morgan fingerprint density at radius 3 is 1.98 bits per heavy atom. The van der Waals surface area contributed by atoms with Crippen LogP contribution >= 0.6 is 0 Å². The van der Waals surface area contributed by atoms with Crippen molar-refractivity contribution in [2.75, 3.05) is 0 Å². The van der Waals surface area contributed by atoms with E-state index in [0.29, 0.717) is 23.2 Å². The van der Waals surface area contributed by atoms with Crippen LogP contribution in [0.3, 0.4) is 0 Å². The first kappa shape index (κ1) is 23.7. The summed E-state index contributed by atoms with van der Waals surface area (Å²) >= 11 is 0. The summed E-state index contributed by atoms with van der Waals surface area (Å²) in [6.45, 7) is 0. The van der Waals surface area contributed by atoms with Gasteiger partial charge in [-0.25, -0.2) is 19.9 Å². The van der Waals surface area contributed by atoms with Crippen molar-refractivity contribution in [2.24, 2.45) is 0 Å². The fourth-order valence-corrected chi connectivity index (χ4v) is 6.24. The number of pyridine rings is 1. The van der Waals surface area contributed by atoms with Crippen molar-refractivity contribution in [3.05, 3.63) is 134 Å². The lowest BCUT2D eigenvalue weighted by Crippen LogP contribution is -2.01. The molecule has 0 atom stereocenters. The predicted octanol–water partition coefficient (Wildman–Crippen LogP) is 9.63. The Balaban J connectivity index is 1.37. The van der Waals surface area contributed by atoms with Gasteiger partial charge in [-0.1, -0.05) is 109 Å². The maximum Gasteiger partial charge on any atom is 0.227 e. The molecule has 6 aromatic carbocycles. The lowest BCUT2D eigenvalue weighted by Gasteiger charge is -2.13. The van der Waals surface area contributed by atoms with E-state index in [9.17, 15) is 0 Å². The molecule has 3 heterocycles. The molecule has 200 valence electrons. The van der Waals surface area contributed by atoms with Crippen LogP contribution in [0.25, 0.3) is 88.5 Å². The first-order valence-electron chi connectivity index (χ1n) is 14.2. The Kier molecular flexibility index (Phi) is 5.13. The summed E-state index contributed by atoms with van der Waals surface area (Å²) in [7, 11) is 0. The van der Waals surface area contributed by atoms with Crippen LogP contribution in [0.2, 0.25) is 0 Å². The molecular formula is C38H22N4O. The monoisotopic (exact) mass is 550 g/mol. The highest BCUT2D eigenvalue weighted by atomic mass is 16.3. The second-order valence-electron chi connectivity index (χ2n) is 10.7. The molecule has 0 aliphatic heterocycles. The number of benzene rings is 6. The van der Waals surface area contributed by atoms with Crippen molar-refractivity contribution in [2.45, 2.75) is 0 Å². The van der Waals surface area contributed by atoms with E-state index in [-0.39, 0.29) is 0 Å². The van der Waals surface area contributed by atoms with Gasteiger partial charge in [0.2, 0.25) is 5.71 Å². The second-order valence-corrected chi connectivity index (χ2v) is 10.7. The molecule has 0 saturated heterocycles.